The van der Waals surface area contributed by atoms with E-state index in [0.29, 0.717) is 5.78 Å². The van der Waals surface area contributed by atoms with Gasteiger partial charge in [-0.15, -0.1) is 0 Å². The smallest absolute Gasteiger partial charge is 0.151 e. The lowest BCUT2D eigenvalue weighted by Crippen LogP contribution is -2.69. The predicted molar refractivity (Wildman–Crippen MR) is 186 cm³/mol. The molecular formula is C42H73FO. The van der Waals surface area contributed by atoms with Crippen LogP contribution in [-0.4, -0.2) is 12.0 Å². The minimum absolute atomic E-state index is 0.388. The van der Waals surface area contributed by atoms with Crippen LogP contribution in [0.25, 0.3) is 0 Å². The van der Waals surface area contributed by atoms with Gasteiger partial charge in [0.25, 0.3) is 0 Å². The molecule has 0 N–H and O–H groups in total. The SMILES string of the molecule is CCCCCCCCCCC1CCC(C2CCC3(CC2)C(=O)C2(CCC(C4CCC(CCCCCC)CC4)CC2)C3F)CC1. The Morgan fingerprint density at radius 2 is 0.795 bits per heavy atom. The van der Waals surface area contributed by atoms with Crippen molar-refractivity contribution < 1.29 is 9.18 Å². The van der Waals surface area contributed by atoms with Gasteiger partial charge in [0.1, 0.15) is 6.17 Å². The minimum Gasteiger partial charge on any atom is -0.298 e. The van der Waals surface area contributed by atoms with Crippen LogP contribution >= 0.6 is 0 Å². The molecule has 254 valence electrons. The third-order valence-corrected chi connectivity index (χ3v) is 14.8. The Morgan fingerprint density at radius 3 is 1.16 bits per heavy atom. The summed E-state index contributed by atoms with van der Waals surface area (Å²) in [5, 5.41) is 0. The number of carbonyl (C=O) groups excluding carboxylic acids is 1. The summed E-state index contributed by atoms with van der Waals surface area (Å²) in [5.41, 5.74) is -1.15. The first-order valence-corrected chi connectivity index (χ1v) is 20.7. The van der Waals surface area contributed by atoms with E-state index in [-0.39, 0.29) is 0 Å². The van der Waals surface area contributed by atoms with E-state index in [9.17, 15) is 4.79 Å². The van der Waals surface area contributed by atoms with Crippen molar-refractivity contribution in [2.24, 2.45) is 46.3 Å². The zero-order valence-electron chi connectivity index (χ0n) is 29.5. The zero-order chi connectivity index (χ0) is 30.8. The molecule has 0 bridgehead atoms. The average Bonchev–Trinajstić information content (AvgIpc) is 3.08. The van der Waals surface area contributed by atoms with Crippen molar-refractivity contribution in [3.8, 4) is 0 Å². The lowest BCUT2D eigenvalue weighted by atomic mass is 9.41. The van der Waals surface area contributed by atoms with E-state index in [1.807, 2.05) is 0 Å². The first kappa shape index (κ1) is 34.9. The van der Waals surface area contributed by atoms with Crippen LogP contribution in [0.15, 0.2) is 0 Å². The summed E-state index contributed by atoms with van der Waals surface area (Å²) in [5.74, 6) is 5.55. The normalized spacial score (nSPS) is 39.5. The Balaban J connectivity index is 0.964. The van der Waals surface area contributed by atoms with Crippen molar-refractivity contribution in [2.45, 2.75) is 213 Å². The number of hydrogen-bond acceptors (Lipinski definition) is 1. The van der Waals surface area contributed by atoms with Gasteiger partial charge in [-0.25, -0.2) is 4.39 Å². The Kier molecular flexibility index (Phi) is 13.6. The molecule has 5 aliphatic carbocycles. The van der Waals surface area contributed by atoms with Crippen LogP contribution in [0, 0.1) is 46.3 Å². The zero-order valence-corrected chi connectivity index (χ0v) is 29.5. The van der Waals surface area contributed by atoms with Gasteiger partial charge in [0, 0.05) is 0 Å². The Bertz CT molecular complexity index is 817. The quantitative estimate of drug-likeness (QED) is 0.158. The lowest BCUT2D eigenvalue weighted by molar-refractivity contribution is -0.194. The van der Waals surface area contributed by atoms with Crippen LogP contribution in [0.2, 0.25) is 0 Å². The maximum absolute atomic E-state index is 16.3. The van der Waals surface area contributed by atoms with Crippen LogP contribution in [0.5, 0.6) is 0 Å². The number of rotatable bonds is 16. The van der Waals surface area contributed by atoms with Crippen molar-refractivity contribution in [1.82, 2.24) is 0 Å². The number of hydrogen-bond donors (Lipinski definition) is 0. The first-order valence-electron chi connectivity index (χ1n) is 20.7. The van der Waals surface area contributed by atoms with Gasteiger partial charge in [-0.05, 0) is 113 Å². The van der Waals surface area contributed by atoms with Gasteiger partial charge in [0.05, 0.1) is 10.8 Å². The largest absolute Gasteiger partial charge is 0.298 e. The second kappa shape index (κ2) is 17.1. The fraction of sp³-hybridized carbons (Fsp3) is 0.976. The summed E-state index contributed by atoms with van der Waals surface area (Å²) < 4.78 is 16.3. The molecule has 44 heavy (non-hydrogen) atoms. The van der Waals surface area contributed by atoms with Crippen LogP contribution in [-0.2, 0) is 4.79 Å². The molecule has 5 rings (SSSR count). The van der Waals surface area contributed by atoms with E-state index in [2.05, 4.69) is 13.8 Å². The van der Waals surface area contributed by atoms with Crippen LogP contribution in [0.4, 0.5) is 4.39 Å². The summed E-state index contributed by atoms with van der Waals surface area (Å²) in [4.78, 5) is 13.9. The molecule has 0 aromatic rings. The van der Waals surface area contributed by atoms with Crippen LogP contribution in [0.3, 0.4) is 0 Å². The monoisotopic (exact) mass is 613 g/mol. The van der Waals surface area contributed by atoms with Crippen LogP contribution in [0.1, 0.15) is 206 Å². The second-order valence-electron chi connectivity index (χ2n) is 17.4. The molecule has 2 heteroatoms. The van der Waals surface area contributed by atoms with E-state index < -0.39 is 17.0 Å². The van der Waals surface area contributed by atoms with Gasteiger partial charge >= 0.3 is 0 Å². The van der Waals surface area contributed by atoms with Gasteiger partial charge < -0.3 is 0 Å². The van der Waals surface area contributed by atoms with E-state index in [0.717, 1.165) is 86.9 Å². The van der Waals surface area contributed by atoms with E-state index >= 15 is 4.39 Å². The predicted octanol–water partition coefficient (Wildman–Crippen LogP) is 13.4. The van der Waals surface area contributed by atoms with Crippen molar-refractivity contribution in [3.05, 3.63) is 0 Å². The second-order valence-corrected chi connectivity index (χ2v) is 17.4. The van der Waals surface area contributed by atoms with Gasteiger partial charge in [-0.3, -0.25) is 4.79 Å². The van der Waals surface area contributed by atoms with Crippen molar-refractivity contribution >= 4 is 5.78 Å². The third kappa shape index (κ3) is 8.17. The highest BCUT2D eigenvalue weighted by Crippen LogP contribution is 2.66. The Morgan fingerprint density at radius 1 is 0.477 bits per heavy atom. The number of carbonyl (C=O) groups is 1. The summed E-state index contributed by atoms with van der Waals surface area (Å²) in [6.07, 6.45) is 38.3. The topological polar surface area (TPSA) is 17.1 Å². The first-order chi connectivity index (χ1) is 21.5. The molecule has 0 heterocycles. The van der Waals surface area contributed by atoms with E-state index in [1.165, 1.54) is 141 Å². The molecule has 1 unspecified atom stereocenters. The van der Waals surface area contributed by atoms with Crippen molar-refractivity contribution in [2.75, 3.05) is 0 Å². The van der Waals surface area contributed by atoms with E-state index in [1.54, 1.807) is 0 Å². The highest BCUT2D eigenvalue weighted by Gasteiger charge is 2.71. The number of halogens is 1. The van der Waals surface area contributed by atoms with Gasteiger partial charge in [0.2, 0.25) is 0 Å². The summed E-state index contributed by atoms with van der Waals surface area (Å²) in [7, 11) is 0. The van der Waals surface area contributed by atoms with E-state index in [4.69, 9.17) is 0 Å². The number of unbranched alkanes of at least 4 members (excludes halogenated alkanes) is 10. The average molecular weight is 613 g/mol. The molecule has 1 atom stereocenters. The maximum Gasteiger partial charge on any atom is 0.151 e. The van der Waals surface area contributed by atoms with Crippen molar-refractivity contribution in [1.29, 1.82) is 0 Å². The minimum atomic E-state index is -0.842. The summed E-state index contributed by atoms with van der Waals surface area (Å²) in [6, 6.07) is 0. The fourth-order valence-corrected chi connectivity index (χ4v) is 11.7. The molecule has 1 nitrogen and oxygen atoms in total. The lowest BCUT2D eigenvalue weighted by Gasteiger charge is -2.62. The highest BCUT2D eigenvalue weighted by atomic mass is 19.1. The molecule has 5 aliphatic rings. The molecule has 0 saturated heterocycles. The maximum atomic E-state index is 16.3. The Labute approximate surface area is 273 Å². The Hall–Kier alpha value is -0.400. The van der Waals surface area contributed by atoms with Gasteiger partial charge in [0.15, 0.2) is 5.78 Å². The number of alkyl halides is 1. The summed E-state index contributed by atoms with van der Waals surface area (Å²) in [6.45, 7) is 4.60. The molecule has 0 radical (unpaired) electrons. The molecule has 0 aromatic heterocycles. The van der Waals surface area contributed by atoms with Gasteiger partial charge in [-0.1, -0.05) is 129 Å². The number of Topliss-reactive ketones (excluding diaryl/α,β-unsaturated/α-hetero) is 1. The number of ketones is 1. The molecule has 0 aliphatic heterocycles. The fourth-order valence-electron chi connectivity index (χ4n) is 11.7. The molecule has 5 saturated carbocycles. The molecular weight excluding hydrogens is 539 g/mol. The van der Waals surface area contributed by atoms with Gasteiger partial charge in [-0.2, -0.15) is 0 Å². The summed E-state index contributed by atoms with van der Waals surface area (Å²) >= 11 is 0. The molecule has 0 aromatic carbocycles. The van der Waals surface area contributed by atoms with Crippen LogP contribution < -0.4 is 0 Å². The molecule has 0 amide bonds. The molecule has 5 fully saturated rings. The molecule has 2 spiro atoms. The third-order valence-electron chi connectivity index (χ3n) is 14.8. The highest BCUT2D eigenvalue weighted by molar-refractivity contribution is 5.98. The standard InChI is InChI=1S/C42H73FO/c1-3-5-7-9-10-11-12-14-16-34-19-23-36(24-20-34)38-27-31-42(32-28-38)39(43)41(40(42)44)29-25-37(26-30-41)35-21-17-33(18-22-35)15-13-8-6-4-2/h33-39H,3-32H2,1-2H3. The van der Waals surface area contributed by atoms with Crippen molar-refractivity contribution in [3.63, 3.8) is 0 Å².